The van der Waals surface area contributed by atoms with Gasteiger partial charge in [0.15, 0.2) is 5.96 Å². The molecule has 2 heterocycles. The topological polar surface area (TPSA) is 48.9 Å². The molecule has 5 nitrogen and oxygen atoms in total. The van der Waals surface area contributed by atoms with Crippen LogP contribution in [0, 0.1) is 12.8 Å². The van der Waals surface area contributed by atoms with E-state index in [4.69, 9.17) is 4.74 Å². The Bertz CT molecular complexity index is 487. The Morgan fingerprint density at radius 1 is 1.33 bits per heavy atom. The normalized spacial score (nSPS) is 16.7. The van der Waals surface area contributed by atoms with E-state index in [9.17, 15) is 0 Å². The lowest BCUT2D eigenvalue weighted by Crippen LogP contribution is -2.43. The Labute approximate surface area is 167 Å². The first-order chi connectivity index (χ1) is 11.2. The van der Waals surface area contributed by atoms with Crippen molar-refractivity contribution in [1.29, 1.82) is 0 Å². The predicted molar refractivity (Wildman–Crippen MR) is 114 cm³/mol. The van der Waals surface area contributed by atoms with Crippen molar-refractivity contribution in [1.82, 2.24) is 15.5 Å². The summed E-state index contributed by atoms with van der Waals surface area (Å²) in [6, 6.07) is 4.34. The van der Waals surface area contributed by atoms with Crippen molar-refractivity contribution in [2.45, 2.75) is 26.3 Å². The number of aliphatic imine (C=N–C) groups is 1. The second-order valence-electron chi connectivity index (χ2n) is 6.10. The maximum absolute atomic E-state index is 5.15. The zero-order valence-corrected chi connectivity index (χ0v) is 18.2. The van der Waals surface area contributed by atoms with E-state index in [0.717, 1.165) is 38.1 Å². The van der Waals surface area contributed by atoms with Gasteiger partial charge in [-0.1, -0.05) is 0 Å². The third-order valence-electron chi connectivity index (χ3n) is 4.33. The Morgan fingerprint density at radius 2 is 2.08 bits per heavy atom. The molecule has 1 aliphatic heterocycles. The molecule has 0 atom stereocenters. The fourth-order valence-corrected chi connectivity index (χ4v) is 3.68. The van der Waals surface area contributed by atoms with Gasteiger partial charge in [-0.25, -0.2) is 0 Å². The number of nitrogens with one attached hydrogen (secondary N) is 2. The van der Waals surface area contributed by atoms with E-state index in [2.05, 4.69) is 39.6 Å². The van der Waals surface area contributed by atoms with Gasteiger partial charge >= 0.3 is 0 Å². The molecule has 24 heavy (non-hydrogen) atoms. The van der Waals surface area contributed by atoms with Crippen LogP contribution in [0.15, 0.2) is 17.1 Å². The minimum atomic E-state index is 0. The third-order valence-corrected chi connectivity index (χ3v) is 5.33. The highest BCUT2D eigenvalue weighted by atomic mass is 127. The van der Waals surface area contributed by atoms with Crippen molar-refractivity contribution in [2.75, 3.05) is 46.9 Å². The zero-order chi connectivity index (χ0) is 16.5. The van der Waals surface area contributed by atoms with Crippen molar-refractivity contribution in [2.24, 2.45) is 10.9 Å². The maximum Gasteiger partial charge on any atom is 0.191 e. The number of methoxy groups -OCH3 is 1. The Morgan fingerprint density at radius 3 is 2.67 bits per heavy atom. The van der Waals surface area contributed by atoms with E-state index in [0.29, 0.717) is 0 Å². The van der Waals surface area contributed by atoms with Crippen LogP contribution >= 0.6 is 35.3 Å². The molecule has 7 heteroatoms. The number of nitrogens with zero attached hydrogens (tertiary/aromatic N) is 2. The highest BCUT2D eigenvalue weighted by Crippen LogP contribution is 2.16. The molecule has 0 bridgehead atoms. The largest absolute Gasteiger partial charge is 0.383 e. The first kappa shape index (κ1) is 21.7. The van der Waals surface area contributed by atoms with E-state index < -0.39 is 0 Å². The van der Waals surface area contributed by atoms with Crippen LogP contribution in [-0.2, 0) is 11.3 Å². The molecule has 2 rings (SSSR count). The van der Waals surface area contributed by atoms with Crippen LogP contribution < -0.4 is 10.6 Å². The van der Waals surface area contributed by atoms with Crippen LogP contribution in [0.25, 0.3) is 0 Å². The molecule has 1 aromatic rings. The average Bonchev–Trinajstić information content (AvgIpc) is 2.99. The van der Waals surface area contributed by atoms with Crippen molar-refractivity contribution in [3.63, 3.8) is 0 Å². The molecule has 0 amide bonds. The molecule has 0 saturated carbocycles. The van der Waals surface area contributed by atoms with E-state index in [1.165, 1.54) is 35.7 Å². The van der Waals surface area contributed by atoms with Gasteiger partial charge in [-0.2, -0.15) is 0 Å². The second-order valence-corrected chi connectivity index (χ2v) is 7.47. The number of hydrogen-bond donors (Lipinski definition) is 2. The summed E-state index contributed by atoms with van der Waals surface area (Å²) < 4.78 is 5.15. The van der Waals surface area contributed by atoms with Gasteiger partial charge < -0.3 is 20.3 Å². The molecule has 1 aliphatic rings. The minimum absolute atomic E-state index is 0. The molecular formula is C17H31IN4OS. The molecule has 0 radical (unpaired) electrons. The summed E-state index contributed by atoms with van der Waals surface area (Å²) in [6.45, 7) is 8.23. The summed E-state index contributed by atoms with van der Waals surface area (Å²) in [7, 11) is 3.61. The first-order valence-electron chi connectivity index (χ1n) is 8.42. The lowest BCUT2D eigenvalue weighted by atomic mass is 9.97. The zero-order valence-electron chi connectivity index (χ0n) is 15.0. The Balaban J connectivity index is 0.00000288. The van der Waals surface area contributed by atoms with Crippen LogP contribution in [0.2, 0.25) is 0 Å². The number of halogens is 1. The lowest BCUT2D eigenvalue weighted by Gasteiger charge is -2.32. The van der Waals surface area contributed by atoms with Crippen molar-refractivity contribution in [3.8, 4) is 0 Å². The van der Waals surface area contributed by atoms with Gasteiger partial charge in [-0.3, -0.25) is 4.99 Å². The molecule has 0 spiro atoms. The molecule has 138 valence electrons. The summed E-state index contributed by atoms with van der Waals surface area (Å²) in [4.78, 5) is 9.51. The molecule has 0 unspecified atom stereocenters. The van der Waals surface area contributed by atoms with Crippen molar-refractivity contribution < 1.29 is 4.74 Å². The number of hydrogen-bond acceptors (Lipinski definition) is 4. The van der Waals surface area contributed by atoms with Crippen molar-refractivity contribution in [3.05, 3.63) is 21.9 Å². The van der Waals surface area contributed by atoms with Gasteiger partial charge in [0, 0.05) is 37.0 Å². The predicted octanol–water partition coefficient (Wildman–Crippen LogP) is 2.70. The fourth-order valence-electron chi connectivity index (χ4n) is 2.85. The highest BCUT2D eigenvalue weighted by Gasteiger charge is 2.18. The Hall–Kier alpha value is -0.380. The number of ether oxygens (including phenoxy) is 1. The number of guanidine groups is 1. The summed E-state index contributed by atoms with van der Waals surface area (Å²) in [5.74, 6) is 1.63. The summed E-state index contributed by atoms with van der Waals surface area (Å²) in [6.07, 6.45) is 2.50. The van der Waals surface area contributed by atoms with Gasteiger partial charge in [-0.15, -0.1) is 35.3 Å². The summed E-state index contributed by atoms with van der Waals surface area (Å²) in [5.41, 5.74) is 0. The number of thiophene rings is 1. The smallest absolute Gasteiger partial charge is 0.191 e. The van der Waals surface area contributed by atoms with Gasteiger partial charge in [0.25, 0.3) is 0 Å². The first-order valence-corrected chi connectivity index (χ1v) is 9.24. The van der Waals surface area contributed by atoms with E-state index >= 15 is 0 Å². The monoisotopic (exact) mass is 466 g/mol. The standard InChI is InChI=1S/C17H30N4OS.HI/c1-14-4-5-16(23-14)13-20-17(18-2)19-12-15-6-8-21(9-7-15)10-11-22-3;/h4-5,15H,6-13H2,1-3H3,(H2,18,19,20);1H. The maximum atomic E-state index is 5.15. The van der Waals surface area contributed by atoms with Crippen LogP contribution in [0.1, 0.15) is 22.6 Å². The molecule has 0 aliphatic carbocycles. The molecule has 0 aromatic carbocycles. The second kappa shape index (κ2) is 12.1. The van der Waals surface area contributed by atoms with E-state index in [1.54, 1.807) is 7.11 Å². The third kappa shape index (κ3) is 7.67. The van der Waals surface area contributed by atoms with Crippen LogP contribution in [0.3, 0.4) is 0 Å². The number of aryl methyl sites for hydroxylation is 1. The minimum Gasteiger partial charge on any atom is -0.383 e. The molecule has 2 N–H and O–H groups in total. The van der Waals surface area contributed by atoms with Gasteiger partial charge in [-0.05, 0) is 50.9 Å². The lowest BCUT2D eigenvalue weighted by molar-refractivity contribution is 0.121. The molecule has 1 saturated heterocycles. The summed E-state index contributed by atoms with van der Waals surface area (Å²) in [5, 5.41) is 6.87. The highest BCUT2D eigenvalue weighted by molar-refractivity contribution is 14.0. The number of rotatable bonds is 7. The van der Waals surface area contributed by atoms with Gasteiger partial charge in [0.05, 0.1) is 13.2 Å². The number of piperidine rings is 1. The quantitative estimate of drug-likeness (QED) is 0.369. The molecular weight excluding hydrogens is 435 g/mol. The average molecular weight is 466 g/mol. The number of likely N-dealkylation sites (tertiary alicyclic amines) is 1. The Kier molecular flexibility index (Phi) is 10.9. The van der Waals surface area contributed by atoms with Gasteiger partial charge in [0.2, 0.25) is 0 Å². The van der Waals surface area contributed by atoms with E-state index in [1.807, 2.05) is 18.4 Å². The fraction of sp³-hybridized carbons (Fsp3) is 0.706. The van der Waals surface area contributed by atoms with E-state index in [-0.39, 0.29) is 24.0 Å². The van der Waals surface area contributed by atoms with Gasteiger partial charge in [0.1, 0.15) is 0 Å². The van der Waals surface area contributed by atoms with Crippen LogP contribution in [0.5, 0.6) is 0 Å². The SMILES string of the molecule is CN=C(NCc1ccc(C)s1)NCC1CCN(CCOC)CC1.I. The van der Waals surface area contributed by atoms with Crippen LogP contribution in [-0.4, -0.2) is 57.8 Å². The molecule has 1 aromatic heterocycles. The summed E-state index contributed by atoms with van der Waals surface area (Å²) >= 11 is 1.83. The van der Waals surface area contributed by atoms with Crippen molar-refractivity contribution >= 4 is 41.3 Å². The molecule has 1 fully saturated rings. The van der Waals surface area contributed by atoms with Crippen LogP contribution in [0.4, 0.5) is 0 Å².